The smallest absolute Gasteiger partial charge is 0.317 e. The van der Waals surface area contributed by atoms with Crippen LogP contribution in [0.1, 0.15) is 65.7 Å². The van der Waals surface area contributed by atoms with Crippen LogP contribution in [0.2, 0.25) is 5.02 Å². The molecule has 0 radical (unpaired) electrons. The van der Waals surface area contributed by atoms with Crippen LogP contribution in [-0.4, -0.2) is 43.4 Å². The number of fused-ring (bicyclic) bond motifs is 1. The fraction of sp³-hybridized carbons (Fsp3) is 0.542. The Labute approximate surface area is 197 Å². The normalized spacial score (nSPS) is 16.5. The van der Waals surface area contributed by atoms with Crippen LogP contribution >= 0.6 is 11.6 Å². The van der Waals surface area contributed by atoms with Crippen LogP contribution in [0.3, 0.4) is 0 Å². The van der Waals surface area contributed by atoms with Crippen LogP contribution in [0.15, 0.2) is 18.3 Å². The van der Waals surface area contributed by atoms with Crippen LogP contribution < -0.4 is 4.74 Å². The minimum absolute atomic E-state index is 0.0521. The summed E-state index contributed by atoms with van der Waals surface area (Å²) in [4.78, 5) is 13.2. The van der Waals surface area contributed by atoms with Gasteiger partial charge >= 0.3 is 6.01 Å². The topological polar surface area (TPSA) is 82.3 Å². The molecule has 1 N–H and O–H groups in total. The molecule has 1 aromatic carbocycles. The lowest BCUT2D eigenvalue weighted by atomic mass is 9.91. The number of ether oxygens (including phenoxy) is 2. The second kappa shape index (κ2) is 8.81. The summed E-state index contributed by atoms with van der Waals surface area (Å²) in [5.74, 6) is -0.121. The molecule has 0 saturated carbocycles. The largest absolute Gasteiger partial charge is 0.457 e. The number of hydrogen-bond acceptors (Lipinski definition) is 6. The second-order valence-electron chi connectivity index (χ2n) is 9.38. The fourth-order valence-electron chi connectivity index (χ4n) is 4.31. The number of benzene rings is 1. The molecule has 0 spiro atoms. The lowest BCUT2D eigenvalue weighted by Crippen LogP contribution is -2.41. The highest BCUT2D eigenvalue weighted by Gasteiger charge is 2.34. The van der Waals surface area contributed by atoms with E-state index in [1.54, 1.807) is 19.9 Å². The molecule has 2 aromatic heterocycles. The third-order valence-electron chi connectivity index (χ3n) is 6.16. The molecule has 0 bridgehead atoms. The molecule has 4 rings (SSSR count). The molecule has 178 valence electrons. The highest BCUT2D eigenvalue weighted by atomic mass is 35.5. The Morgan fingerprint density at radius 2 is 1.97 bits per heavy atom. The number of rotatable bonds is 6. The summed E-state index contributed by atoms with van der Waals surface area (Å²) in [6.07, 6.45) is 3.77. The Morgan fingerprint density at radius 1 is 1.27 bits per heavy atom. The van der Waals surface area contributed by atoms with E-state index in [1.165, 1.54) is 12.3 Å². The van der Waals surface area contributed by atoms with Gasteiger partial charge in [0.05, 0.1) is 35.6 Å². The van der Waals surface area contributed by atoms with Gasteiger partial charge < -0.3 is 19.1 Å². The molecule has 33 heavy (non-hydrogen) atoms. The number of aliphatic hydroxyl groups is 1. The quantitative estimate of drug-likeness (QED) is 0.510. The molecule has 1 aliphatic heterocycles. The Morgan fingerprint density at radius 3 is 2.58 bits per heavy atom. The first-order valence-electron chi connectivity index (χ1n) is 11.3. The van der Waals surface area contributed by atoms with Crippen molar-refractivity contribution in [1.29, 1.82) is 0 Å². The van der Waals surface area contributed by atoms with Gasteiger partial charge in [0, 0.05) is 24.4 Å². The molecular weight excluding hydrogens is 447 g/mol. The van der Waals surface area contributed by atoms with E-state index in [9.17, 15) is 5.11 Å². The SMILES string of the molecule is CCC1(Oc2ncc(Cl)c(-c3cc(F)c4nc(C(C)(C)O)n(C(C)C)c4c3)n2)CCOCC1. The lowest BCUT2D eigenvalue weighted by Gasteiger charge is -2.35. The zero-order valence-electron chi connectivity index (χ0n) is 19.7. The van der Waals surface area contributed by atoms with Crippen molar-refractivity contribution in [2.75, 3.05) is 13.2 Å². The maximum absolute atomic E-state index is 15.2. The minimum atomic E-state index is -1.23. The van der Waals surface area contributed by atoms with Crippen LogP contribution in [0.4, 0.5) is 4.39 Å². The van der Waals surface area contributed by atoms with E-state index in [4.69, 9.17) is 21.1 Å². The number of nitrogens with zero attached hydrogens (tertiary/aromatic N) is 4. The van der Waals surface area contributed by atoms with Crippen molar-refractivity contribution in [3.8, 4) is 17.3 Å². The molecule has 0 aliphatic carbocycles. The van der Waals surface area contributed by atoms with Gasteiger partial charge in [0.15, 0.2) is 5.82 Å². The zero-order valence-corrected chi connectivity index (χ0v) is 20.4. The van der Waals surface area contributed by atoms with Gasteiger partial charge in [-0.25, -0.2) is 14.4 Å². The molecule has 3 aromatic rings. The lowest BCUT2D eigenvalue weighted by molar-refractivity contribution is -0.0524. The third kappa shape index (κ3) is 4.56. The van der Waals surface area contributed by atoms with Crippen molar-refractivity contribution in [3.63, 3.8) is 0 Å². The standard InChI is InChI=1S/C24H30ClFN4O3/c1-6-24(7-9-32-10-8-24)33-22-27-13-16(25)19(29-22)15-11-17(26)20-18(12-15)30(14(2)3)21(28-20)23(4,5)31/h11-14,31H,6-10H2,1-5H3. The Bertz CT molecular complexity index is 1170. The summed E-state index contributed by atoms with van der Waals surface area (Å²) in [5.41, 5.74) is -0.0130. The van der Waals surface area contributed by atoms with Gasteiger partial charge in [-0.05, 0) is 46.2 Å². The summed E-state index contributed by atoms with van der Waals surface area (Å²) in [5, 5.41) is 10.9. The Kier molecular flexibility index (Phi) is 6.37. The Hall–Kier alpha value is -2.29. The maximum Gasteiger partial charge on any atom is 0.317 e. The van der Waals surface area contributed by atoms with E-state index >= 15 is 4.39 Å². The van der Waals surface area contributed by atoms with E-state index in [-0.39, 0.29) is 22.6 Å². The van der Waals surface area contributed by atoms with Crippen molar-refractivity contribution in [2.45, 2.75) is 71.1 Å². The highest BCUT2D eigenvalue weighted by Crippen LogP contribution is 2.36. The van der Waals surface area contributed by atoms with Crippen LogP contribution in [-0.2, 0) is 10.3 Å². The van der Waals surface area contributed by atoms with Gasteiger partial charge in [-0.15, -0.1) is 0 Å². The summed E-state index contributed by atoms with van der Waals surface area (Å²) < 4.78 is 28.8. The first-order valence-corrected chi connectivity index (χ1v) is 11.7. The second-order valence-corrected chi connectivity index (χ2v) is 9.79. The van der Waals surface area contributed by atoms with Crippen molar-refractivity contribution in [2.24, 2.45) is 0 Å². The van der Waals surface area contributed by atoms with Gasteiger partial charge in [-0.2, -0.15) is 4.98 Å². The van der Waals surface area contributed by atoms with Crippen molar-refractivity contribution >= 4 is 22.6 Å². The van der Waals surface area contributed by atoms with Crippen molar-refractivity contribution in [3.05, 3.63) is 35.0 Å². The first-order chi connectivity index (χ1) is 15.5. The summed E-state index contributed by atoms with van der Waals surface area (Å²) in [6.45, 7) is 10.5. The molecule has 1 aliphatic rings. The van der Waals surface area contributed by atoms with Crippen LogP contribution in [0.25, 0.3) is 22.3 Å². The Balaban J connectivity index is 1.82. The fourth-order valence-corrected chi connectivity index (χ4v) is 4.51. The number of aromatic nitrogens is 4. The maximum atomic E-state index is 15.2. The monoisotopic (exact) mass is 476 g/mol. The van der Waals surface area contributed by atoms with E-state index in [0.29, 0.717) is 35.8 Å². The predicted octanol–water partition coefficient (Wildman–Crippen LogP) is 5.43. The van der Waals surface area contributed by atoms with E-state index in [0.717, 1.165) is 19.3 Å². The van der Waals surface area contributed by atoms with Crippen LogP contribution in [0, 0.1) is 5.82 Å². The molecule has 3 heterocycles. The van der Waals surface area contributed by atoms with Gasteiger partial charge in [0.25, 0.3) is 0 Å². The molecule has 0 atom stereocenters. The van der Waals surface area contributed by atoms with Gasteiger partial charge in [-0.3, -0.25) is 0 Å². The van der Waals surface area contributed by atoms with E-state index < -0.39 is 17.0 Å². The van der Waals surface area contributed by atoms with E-state index in [1.807, 2.05) is 18.4 Å². The first kappa shape index (κ1) is 23.9. The number of hydrogen-bond donors (Lipinski definition) is 1. The summed E-state index contributed by atoms with van der Waals surface area (Å²) in [6, 6.07) is 3.30. The van der Waals surface area contributed by atoms with Crippen molar-refractivity contribution < 1.29 is 19.0 Å². The number of halogens is 2. The summed E-state index contributed by atoms with van der Waals surface area (Å²) in [7, 11) is 0. The molecule has 0 amide bonds. The average molecular weight is 477 g/mol. The zero-order chi connectivity index (χ0) is 24.0. The predicted molar refractivity (Wildman–Crippen MR) is 125 cm³/mol. The van der Waals surface area contributed by atoms with Gasteiger partial charge in [0.1, 0.15) is 22.5 Å². The van der Waals surface area contributed by atoms with Crippen molar-refractivity contribution in [1.82, 2.24) is 19.5 Å². The minimum Gasteiger partial charge on any atom is -0.457 e. The highest BCUT2D eigenvalue weighted by molar-refractivity contribution is 6.32. The van der Waals surface area contributed by atoms with Gasteiger partial charge in [0.2, 0.25) is 0 Å². The molecular formula is C24H30ClFN4O3. The summed E-state index contributed by atoms with van der Waals surface area (Å²) >= 11 is 6.44. The van der Waals surface area contributed by atoms with Crippen LogP contribution in [0.5, 0.6) is 6.01 Å². The molecule has 1 saturated heterocycles. The average Bonchev–Trinajstić information content (AvgIpc) is 3.17. The molecule has 9 heteroatoms. The molecule has 0 unspecified atom stereocenters. The van der Waals surface area contributed by atoms with E-state index in [2.05, 4.69) is 21.9 Å². The third-order valence-corrected chi connectivity index (χ3v) is 6.44. The van der Waals surface area contributed by atoms with Gasteiger partial charge in [-0.1, -0.05) is 18.5 Å². The number of imidazole rings is 1. The molecule has 7 nitrogen and oxygen atoms in total. The molecule has 1 fully saturated rings.